The number of H-pyrrole nitrogens is 1. The Kier molecular flexibility index (Phi) is 8.85. The molecule has 1 N–H and O–H groups in total. The molecule has 0 saturated carbocycles. The molecule has 0 aliphatic carbocycles. The van der Waals surface area contributed by atoms with E-state index in [2.05, 4.69) is 107 Å². The first-order chi connectivity index (χ1) is 24.8. The third-order valence-electron chi connectivity index (χ3n) is 8.51. The molecule has 0 saturated heterocycles. The number of hydrogen-bond acceptors (Lipinski definition) is 8. The van der Waals surface area contributed by atoms with Crippen molar-refractivity contribution in [2.45, 2.75) is 0 Å². The molecule has 0 fully saturated rings. The number of nitrogens with zero attached hydrogens (tertiary/aromatic N) is 7. The Morgan fingerprint density at radius 2 is 0.804 bits per heavy atom. The normalized spacial score (nSPS) is 11.0. The molecule has 0 unspecified atom stereocenters. The maximum absolute atomic E-state index is 4.82. The summed E-state index contributed by atoms with van der Waals surface area (Å²) in [6.45, 7) is 0. The number of pyridine rings is 6. The van der Waals surface area contributed by atoms with Crippen molar-refractivity contribution in [1.82, 2.24) is 39.9 Å². The second-order valence-corrected chi connectivity index (χ2v) is 12.5. The van der Waals surface area contributed by atoms with Gasteiger partial charge < -0.3 is 4.98 Å². The first-order valence-corrected chi connectivity index (χ1v) is 16.9. The molecule has 0 aliphatic heterocycles. The van der Waals surface area contributed by atoms with E-state index in [0.29, 0.717) is 0 Å². The Morgan fingerprint density at radius 1 is 0.392 bits per heavy atom. The van der Waals surface area contributed by atoms with E-state index < -0.39 is 0 Å². The van der Waals surface area contributed by atoms with Gasteiger partial charge in [-0.3, -0.25) is 29.9 Å². The van der Waals surface area contributed by atoms with Crippen LogP contribution in [0.2, 0.25) is 0 Å². The Bertz CT molecular complexity index is 2670. The molecule has 240 valence electrons. The summed E-state index contributed by atoms with van der Waals surface area (Å²) < 4.78 is 0. The molecule has 11 rings (SSSR count). The van der Waals surface area contributed by atoms with E-state index in [9.17, 15) is 0 Å². The van der Waals surface area contributed by atoms with Crippen molar-refractivity contribution in [2.24, 2.45) is 0 Å². The summed E-state index contributed by atoms with van der Waals surface area (Å²) in [5.41, 5.74) is 7.69. The third kappa shape index (κ3) is 6.05. The van der Waals surface area contributed by atoms with Crippen LogP contribution in [0.4, 0.5) is 0 Å². The molecule has 8 heterocycles. The molecule has 0 bridgehead atoms. The summed E-state index contributed by atoms with van der Waals surface area (Å²) >= 11 is 1.68. The molecule has 0 amide bonds. The van der Waals surface area contributed by atoms with E-state index in [4.69, 9.17) is 4.98 Å². The van der Waals surface area contributed by atoms with Gasteiger partial charge in [0.05, 0.1) is 49.0 Å². The van der Waals surface area contributed by atoms with Gasteiger partial charge in [0.15, 0.2) is 0 Å². The zero-order valence-corrected chi connectivity index (χ0v) is 30.2. The second-order valence-electron chi connectivity index (χ2n) is 11.5. The largest absolute Gasteiger partial charge is 4.00 e. The average Bonchev–Trinajstić information content (AvgIpc) is 3.90. The molecule has 51 heavy (non-hydrogen) atoms. The Labute approximate surface area is 308 Å². The van der Waals surface area contributed by atoms with E-state index in [1.54, 1.807) is 48.5 Å². The number of thiophene rings is 1. The minimum atomic E-state index is 0. The molecular weight excluding hydrogens is 827 g/mol. The first kappa shape index (κ1) is 32.1. The molecule has 0 aliphatic rings. The van der Waals surface area contributed by atoms with Crippen LogP contribution in [0.25, 0.3) is 87.2 Å². The number of fused-ring (bicyclic) bond motifs is 12. The van der Waals surface area contributed by atoms with Gasteiger partial charge in [-0.05, 0) is 60.0 Å². The zero-order valence-electron chi connectivity index (χ0n) is 26.8. The number of rotatable bonds is 1. The summed E-state index contributed by atoms with van der Waals surface area (Å²) in [5, 5.41) is 8.69. The van der Waals surface area contributed by atoms with Crippen LogP contribution in [0.5, 0.6) is 0 Å². The molecule has 0 spiro atoms. The number of aromatic nitrogens is 8. The van der Waals surface area contributed by atoms with Crippen LogP contribution >= 0.6 is 11.3 Å². The van der Waals surface area contributed by atoms with Crippen LogP contribution in [0.3, 0.4) is 0 Å². The van der Waals surface area contributed by atoms with E-state index in [1.807, 2.05) is 42.5 Å². The fourth-order valence-electron chi connectivity index (χ4n) is 6.23. The average molecular weight is 853 g/mol. The van der Waals surface area contributed by atoms with Crippen molar-refractivity contribution in [1.29, 1.82) is 0 Å². The fourth-order valence-corrected chi connectivity index (χ4v) is 6.90. The Hall–Kier alpha value is -6.07. The molecule has 3 aromatic carbocycles. The van der Waals surface area contributed by atoms with E-state index in [1.165, 1.54) is 0 Å². The maximum atomic E-state index is 4.82. The minimum Gasteiger partial charge on any atom is -0.337 e. The molecule has 8 nitrogen and oxygen atoms in total. The van der Waals surface area contributed by atoms with Gasteiger partial charge in [0, 0.05) is 69.5 Å². The van der Waals surface area contributed by atoms with Gasteiger partial charge in [-0.2, -0.15) is 0 Å². The zero-order chi connectivity index (χ0) is 33.3. The third-order valence-corrected chi connectivity index (χ3v) is 9.39. The topological polar surface area (TPSA) is 106 Å². The Morgan fingerprint density at radius 3 is 1.25 bits per heavy atom. The molecule has 8 aromatic heterocycles. The van der Waals surface area contributed by atoms with Gasteiger partial charge in [-0.1, -0.05) is 54.6 Å². The number of nitrogens with one attached hydrogen (secondary N) is 1. The summed E-state index contributed by atoms with van der Waals surface area (Å²) in [6, 6.07) is 36.4. The number of benzene rings is 3. The fraction of sp³-hybridized carbons (Fsp3) is 0. The molecular formula is C41H26N8OsS+4. The number of imidazole rings is 1. The van der Waals surface area contributed by atoms with Gasteiger partial charge in [0.25, 0.3) is 0 Å². The summed E-state index contributed by atoms with van der Waals surface area (Å²) in [4.78, 5) is 35.8. The van der Waals surface area contributed by atoms with Crippen LogP contribution in [0.1, 0.15) is 0 Å². The smallest absolute Gasteiger partial charge is 0.337 e. The standard InChI is InChI=1S/C17H10N4S.2C12H8N2.Os/c1-4-10-13(18-7-1)14-11(5-2-8-19-14)16-15(10)20-17(21-16)12-6-3-9-22-12;2*1-3-9-5-6-10-4-2-8-14-12(10)11(9)13-7-1;/h1-9H,(H,20,21);2*1-8H;/q;;;+4. The summed E-state index contributed by atoms with van der Waals surface area (Å²) in [5.74, 6) is 0.895. The van der Waals surface area contributed by atoms with E-state index >= 15 is 0 Å². The molecule has 0 atom stereocenters. The molecule has 0 radical (unpaired) electrons. The van der Waals surface area contributed by atoms with Crippen molar-refractivity contribution < 1.29 is 19.8 Å². The van der Waals surface area contributed by atoms with Crippen LogP contribution in [0.15, 0.2) is 152 Å². The van der Waals surface area contributed by atoms with Crippen molar-refractivity contribution >= 4 is 87.8 Å². The van der Waals surface area contributed by atoms with Crippen LogP contribution in [-0.2, 0) is 19.8 Å². The van der Waals surface area contributed by atoms with Gasteiger partial charge in [-0.25, -0.2) is 4.98 Å². The maximum Gasteiger partial charge on any atom is 4.00 e. The van der Waals surface area contributed by atoms with Gasteiger partial charge in [-0.15, -0.1) is 11.3 Å². The van der Waals surface area contributed by atoms with Crippen molar-refractivity contribution in [3.8, 4) is 10.7 Å². The number of aromatic amines is 1. The van der Waals surface area contributed by atoms with Gasteiger partial charge in [0.1, 0.15) is 5.82 Å². The minimum absolute atomic E-state index is 0. The first-order valence-electron chi connectivity index (χ1n) is 16.0. The Balaban J connectivity index is 0.000000114. The SMILES string of the molecule is [Os+4].c1cnc2c(c1)ccc1cccnc12.c1cnc2c(c1)ccc1cccnc12.c1csc(-c2nc3c4cccnc4c4ncccc4c3[nH]2)c1. The van der Waals surface area contributed by atoms with Crippen molar-refractivity contribution in [3.63, 3.8) is 0 Å². The van der Waals surface area contributed by atoms with Crippen molar-refractivity contribution in [3.05, 3.63) is 152 Å². The predicted octanol–water partition coefficient (Wildman–Crippen LogP) is 9.95. The van der Waals surface area contributed by atoms with Gasteiger partial charge >= 0.3 is 19.8 Å². The van der Waals surface area contributed by atoms with Crippen LogP contribution in [-0.4, -0.2) is 39.9 Å². The quantitative estimate of drug-likeness (QED) is 0.164. The van der Waals surface area contributed by atoms with Crippen LogP contribution < -0.4 is 0 Å². The summed E-state index contributed by atoms with van der Waals surface area (Å²) in [7, 11) is 0. The summed E-state index contributed by atoms with van der Waals surface area (Å²) in [6.07, 6.45) is 10.8. The van der Waals surface area contributed by atoms with Crippen LogP contribution in [0, 0.1) is 0 Å². The molecule has 11 aromatic rings. The van der Waals surface area contributed by atoms with Crippen molar-refractivity contribution in [2.75, 3.05) is 0 Å². The van der Waals surface area contributed by atoms with E-state index in [0.717, 1.165) is 87.2 Å². The predicted molar refractivity (Wildman–Crippen MR) is 204 cm³/mol. The molecule has 10 heteroatoms. The van der Waals surface area contributed by atoms with E-state index in [-0.39, 0.29) is 19.8 Å². The number of hydrogen-bond donors (Lipinski definition) is 1. The second kappa shape index (κ2) is 14.0. The monoisotopic (exact) mass is 854 g/mol. The van der Waals surface area contributed by atoms with Gasteiger partial charge in [0.2, 0.25) is 0 Å².